The Bertz CT molecular complexity index is 1180. The average Bonchev–Trinajstić information content (AvgIpc) is 3.18. The minimum atomic E-state index is -1.08. The fraction of sp³-hybridized carbons (Fsp3) is 0.0952. The molecule has 0 saturated heterocycles. The van der Waals surface area contributed by atoms with Crippen LogP contribution >= 0.6 is 11.3 Å². The average molecular weight is 411 g/mol. The van der Waals surface area contributed by atoms with Crippen LogP contribution in [0.25, 0.3) is 10.2 Å². The summed E-state index contributed by atoms with van der Waals surface area (Å²) < 4.78 is 33.2. The van der Waals surface area contributed by atoms with E-state index in [9.17, 15) is 13.6 Å². The zero-order chi connectivity index (χ0) is 20.4. The van der Waals surface area contributed by atoms with Gasteiger partial charge in [0.2, 0.25) is 0 Å². The zero-order valence-corrected chi connectivity index (χ0v) is 16.1. The molecule has 0 spiro atoms. The highest BCUT2D eigenvalue weighted by Crippen LogP contribution is 2.35. The Hall–Kier alpha value is -3.39. The molecule has 0 fully saturated rings. The van der Waals surface area contributed by atoms with Crippen molar-refractivity contribution in [3.8, 4) is 5.75 Å². The predicted octanol–water partition coefficient (Wildman–Crippen LogP) is 4.83. The number of rotatable bonds is 5. The molecule has 0 aliphatic heterocycles. The number of para-hydroxylation sites is 1. The van der Waals surface area contributed by atoms with Gasteiger partial charge in [0.1, 0.15) is 11.3 Å². The van der Waals surface area contributed by atoms with Crippen LogP contribution < -0.4 is 9.64 Å². The first-order valence-electron chi connectivity index (χ1n) is 8.66. The van der Waals surface area contributed by atoms with E-state index in [1.807, 2.05) is 18.2 Å². The lowest BCUT2D eigenvalue weighted by atomic mass is 10.1. The SMILES string of the molecule is COc1cccc2sc(N(Cc3cccnc3)C(=O)c3ccc(F)c(F)c3)nc12. The molecule has 4 aromatic rings. The topological polar surface area (TPSA) is 55.3 Å². The minimum absolute atomic E-state index is 0.0269. The molecule has 0 bridgehead atoms. The van der Waals surface area contributed by atoms with Gasteiger partial charge >= 0.3 is 0 Å². The summed E-state index contributed by atoms with van der Waals surface area (Å²) in [5.74, 6) is -1.99. The van der Waals surface area contributed by atoms with Gasteiger partial charge in [0, 0.05) is 18.0 Å². The molecule has 0 aliphatic rings. The molecule has 0 atom stereocenters. The molecule has 8 heteroatoms. The molecular formula is C21H15F2N3O2S. The van der Waals surface area contributed by atoms with Gasteiger partial charge in [-0.25, -0.2) is 13.8 Å². The Morgan fingerprint density at radius 2 is 2.00 bits per heavy atom. The van der Waals surface area contributed by atoms with Crippen LogP contribution in [0.15, 0.2) is 60.9 Å². The fourth-order valence-corrected chi connectivity index (χ4v) is 3.86. The van der Waals surface area contributed by atoms with Crippen molar-refractivity contribution in [2.45, 2.75) is 6.54 Å². The smallest absolute Gasteiger partial charge is 0.260 e. The molecule has 0 unspecified atom stereocenters. The van der Waals surface area contributed by atoms with E-state index in [1.165, 1.54) is 22.3 Å². The van der Waals surface area contributed by atoms with Crippen molar-refractivity contribution in [2.75, 3.05) is 12.0 Å². The van der Waals surface area contributed by atoms with Gasteiger partial charge in [-0.15, -0.1) is 0 Å². The lowest BCUT2D eigenvalue weighted by Crippen LogP contribution is -2.30. The van der Waals surface area contributed by atoms with Crippen LogP contribution in [0.1, 0.15) is 15.9 Å². The van der Waals surface area contributed by atoms with Crippen molar-refractivity contribution in [1.82, 2.24) is 9.97 Å². The van der Waals surface area contributed by atoms with Crippen LogP contribution in [0.4, 0.5) is 13.9 Å². The van der Waals surface area contributed by atoms with E-state index in [-0.39, 0.29) is 12.1 Å². The highest BCUT2D eigenvalue weighted by Gasteiger charge is 2.23. The number of anilines is 1. The molecule has 1 amide bonds. The Morgan fingerprint density at radius 1 is 1.14 bits per heavy atom. The third-order valence-corrected chi connectivity index (χ3v) is 5.34. The summed E-state index contributed by atoms with van der Waals surface area (Å²) in [7, 11) is 1.55. The van der Waals surface area contributed by atoms with Gasteiger partial charge < -0.3 is 4.74 Å². The van der Waals surface area contributed by atoms with Crippen molar-refractivity contribution in [1.29, 1.82) is 0 Å². The van der Waals surface area contributed by atoms with E-state index >= 15 is 0 Å². The maximum atomic E-state index is 13.7. The summed E-state index contributed by atoms with van der Waals surface area (Å²) in [6.07, 6.45) is 3.27. The second-order valence-electron chi connectivity index (χ2n) is 6.18. The van der Waals surface area contributed by atoms with Crippen LogP contribution in [0, 0.1) is 11.6 Å². The number of hydrogen-bond donors (Lipinski definition) is 0. The second-order valence-corrected chi connectivity index (χ2v) is 7.19. The quantitative estimate of drug-likeness (QED) is 0.472. The van der Waals surface area contributed by atoms with E-state index in [2.05, 4.69) is 9.97 Å². The third-order valence-electron chi connectivity index (χ3n) is 4.30. The van der Waals surface area contributed by atoms with Crippen LogP contribution in [0.5, 0.6) is 5.75 Å². The van der Waals surface area contributed by atoms with Crippen molar-refractivity contribution < 1.29 is 18.3 Å². The highest BCUT2D eigenvalue weighted by molar-refractivity contribution is 7.22. The number of carbonyl (C=O) groups is 1. The largest absolute Gasteiger partial charge is 0.494 e. The molecule has 0 N–H and O–H groups in total. The van der Waals surface area contributed by atoms with E-state index < -0.39 is 17.5 Å². The zero-order valence-electron chi connectivity index (χ0n) is 15.3. The van der Waals surface area contributed by atoms with Gasteiger partial charge in [-0.3, -0.25) is 14.7 Å². The maximum Gasteiger partial charge on any atom is 0.260 e. The van der Waals surface area contributed by atoms with Gasteiger partial charge in [-0.05, 0) is 42.0 Å². The lowest BCUT2D eigenvalue weighted by Gasteiger charge is -2.20. The van der Waals surface area contributed by atoms with Crippen LogP contribution in [-0.4, -0.2) is 23.0 Å². The number of pyridine rings is 1. The first kappa shape index (κ1) is 18.9. The predicted molar refractivity (Wildman–Crippen MR) is 107 cm³/mol. The van der Waals surface area contributed by atoms with Crippen molar-refractivity contribution in [2.24, 2.45) is 0 Å². The number of carbonyl (C=O) groups excluding carboxylic acids is 1. The molecule has 0 radical (unpaired) electrons. The first-order valence-corrected chi connectivity index (χ1v) is 9.48. The molecule has 29 heavy (non-hydrogen) atoms. The first-order chi connectivity index (χ1) is 14.1. The summed E-state index contributed by atoms with van der Waals surface area (Å²) >= 11 is 1.31. The molecule has 0 saturated carbocycles. The Kier molecular flexibility index (Phi) is 5.18. The summed E-state index contributed by atoms with van der Waals surface area (Å²) in [5.41, 5.74) is 1.43. The molecule has 4 rings (SSSR count). The molecule has 146 valence electrons. The summed E-state index contributed by atoms with van der Waals surface area (Å²) in [6, 6.07) is 12.2. The number of nitrogens with zero attached hydrogens (tertiary/aromatic N) is 3. The van der Waals surface area contributed by atoms with E-state index in [1.54, 1.807) is 31.6 Å². The number of hydrogen-bond acceptors (Lipinski definition) is 5. The van der Waals surface area contributed by atoms with Crippen molar-refractivity contribution in [3.63, 3.8) is 0 Å². The molecular weight excluding hydrogens is 396 g/mol. The van der Waals surface area contributed by atoms with Gasteiger partial charge in [-0.1, -0.05) is 23.5 Å². The van der Waals surface area contributed by atoms with E-state index in [0.29, 0.717) is 16.4 Å². The minimum Gasteiger partial charge on any atom is -0.494 e. The summed E-state index contributed by atoms with van der Waals surface area (Å²) in [4.78, 5) is 23.3. The van der Waals surface area contributed by atoms with Gasteiger partial charge in [0.15, 0.2) is 16.8 Å². The lowest BCUT2D eigenvalue weighted by molar-refractivity contribution is 0.0984. The molecule has 5 nitrogen and oxygen atoms in total. The van der Waals surface area contributed by atoms with Gasteiger partial charge in [0.05, 0.1) is 18.4 Å². The monoisotopic (exact) mass is 411 g/mol. The number of amides is 1. The fourth-order valence-electron chi connectivity index (χ4n) is 2.88. The number of benzene rings is 2. The number of ether oxygens (including phenoxy) is 1. The number of methoxy groups -OCH3 is 1. The number of thiazole rings is 1. The Balaban J connectivity index is 1.80. The normalized spacial score (nSPS) is 10.9. The molecule has 2 aromatic heterocycles. The molecule has 0 aliphatic carbocycles. The van der Waals surface area contributed by atoms with Crippen LogP contribution in [0.2, 0.25) is 0 Å². The maximum absolute atomic E-state index is 13.7. The number of fused-ring (bicyclic) bond motifs is 1. The highest BCUT2D eigenvalue weighted by atomic mass is 32.1. The van der Waals surface area contributed by atoms with Crippen LogP contribution in [-0.2, 0) is 6.54 Å². The Morgan fingerprint density at radius 3 is 2.72 bits per heavy atom. The molecule has 2 heterocycles. The molecule has 2 aromatic carbocycles. The Labute approximate surface area is 169 Å². The van der Waals surface area contributed by atoms with Gasteiger partial charge in [0.25, 0.3) is 5.91 Å². The number of aromatic nitrogens is 2. The summed E-state index contributed by atoms with van der Waals surface area (Å²) in [6.45, 7) is 0.174. The second kappa shape index (κ2) is 7.92. The standard InChI is InChI=1S/C21H15F2N3O2S/c1-28-17-5-2-6-18-19(17)25-21(29-18)26(12-13-4-3-9-24-11-13)20(27)14-7-8-15(22)16(23)10-14/h2-11H,12H2,1H3. The van der Waals surface area contributed by atoms with Crippen molar-refractivity contribution >= 4 is 32.6 Å². The van der Waals surface area contributed by atoms with Crippen LogP contribution in [0.3, 0.4) is 0 Å². The third kappa shape index (κ3) is 3.79. The number of halogens is 2. The van der Waals surface area contributed by atoms with E-state index in [4.69, 9.17) is 4.74 Å². The van der Waals surface area contributed by atoms with Crippen molar-refractivity contribution in [3.05, 3.63) is 83.7 Å². The van der Waals surface area contributed by atoms with Gasteiger partial charge in [-0.2, -0.15) is 0 Å². The van der Waals surface area contributed by atoms with E-state index in [0.717, 1.165) is 22.4 Å². The summed E-state index contributed by atoms with van der Waals surface area (Å²) in [5, 5.41) is 0.420.